The summed E-state index contributed by atoms with van der Waals surface area (Å²) in [6.07, 6.45) is 0.266. The molecule has 3 heteroatoms. The Balaban J connectivity index is 2.26. The van der Waals surface area contributed by atoms with Crippen LogP contribution in [0.25, 0.3) is 11.1 Å². The molecular formula is C14H10Br2O. The molecular weight excluding hydrogens is 344 g/mol. The van der Waals surface area contributed by atoms with E-state index in [1.807, 2.05) is 18.2 Å². The molecule has 2 aromatic carbocycles. The van der Waals surface area contributed by atoms with E-state index in [0.717, 1.165) is 20.1 Å². The van der Waals surface area contributed by atoms with Gasteiger partial charge in [-0.1, -0.05) is 44.0 Å². The van der Waals surface area contributed by atoms with Gasteiger partial charge in [0.25, 0.3) is 0 Å². The lowest BCUT2D eigenvalue weighted by Crippen LogP contribution is -2.10. The molecule has 1 atom stereocenters. The lowest BCUT2D eigenvalue weighted by atomic mass is 9.84. The number of rotatable bonds is 0. The number of aliphatic hydroxyl groups excluding tert-OH is 1. The van der Waals surface area contributed by atoms with Crippen LogP contribution in [0.5, 0.6) is 0 Å². The molecule has 0 fully saturated rings. The van der Waals surface area contributed by atoms with E-state index in [9.17, 15) is 5.11 Å². The van der Waals surface area contributed by atoms with Crippen LogP contribution in [0.1, 0.15) is 17.2 Å². The molecule has 0 bridgehead atoms. The summed E-state index contributed by atoms with van der Waals surface area (Å²) < 4.78 is 2.07. The molecule has 0 saturated carbocycles. The Morgan fingerprint density at radius 3 is 2.35 bits per heavy atom. The van der Waals surface area contributed by atoms with Crippen LogP contribution < -0.4 is 0 Å². The minimum Gasteiger partial charge on any atom is -0.388 e. The maximum Gasteiger partial charge on any atom is 0.0836 e. The molecule has 1 aliphatic carbocycles. The standard InChI is InChI=1S/C14H10Br2O/c15-9-1-3-11-8(5-9)6-14(17)13-7-10(16)2-4-12(11)13/h1-5,7,14,17H,6H2. The normalized spacial score (nSPS) is 17.5. The van der Waals surface area contributed by atoms with Crippen LogP contribution in [-0.4, -0.2) is 5.11 Å². The lowest BCUT2D eigenvalue weighted by molar-refractivity contribution is 0.177. The fourth-order valence-corrected chi connectivity index (χ4v) is 3.15. The average molecular weight is 354 g/mol. The van der Waals surface area contributed by atoms with Crippen LogP contribution >= 0.6 is 31.9 Å². The third kappa shape index (κ3) is 1.96. The third-order valence-electron chi connectivity index (χ3n) is 3.14. The molecule has 17 heavy (non-hydrogen) atoms. The number of halogens is 2. The first-order valence-corrected chi connectivity index (χ1v) is 7.00. The summed E-state index contributed by atoms with van der Waals surface area (Å²) in [7, 11) is 0. The Bertz CT molecular complexity index is 593. The van der Waals surface area contributed by atoms with Crippen LogP contribution in [0.15, 0.2) is 45.3 Å². The molecule has 0 saturated heterocycles. The van der Waals surface area contributed by atoms with E-state index in [2.05, 4.69) is 50.1 Å². The first-order chi connectivity index (χ1) is 8.15. The fourth-order valence-electron chi connectivity index (χ4n) is 2.37. The summed E-state index contributed by atoms with van der Waals surface area (Å²) in [6.45, 7) is 0. The van der Waals surface area contributed by atoms with E-state index in [4.69, 9.17) is 0 Å². The van der Waals surface area contributed by atoms with Crippen molar-refractivity contribution in [1.82, 2.24) is 0 Å². The highest BCUT2D eigenvalue weighted by molar-refractivity contribution is 9.10. The van der Waals surface area contributed by atoms with Crippen molar-refractivity contribution >= 4 is 31.9 Å². The van der Waals surface area contributed by atoms with Gasteiger partial charge < -0.3 is 5.11 Å². The number of hydrogen-bond donors (Lipinski definition) is 1. The molecule has 0 spiro atoms. The lowest BCUT2D eigenvalue weighted by Gasteiger charge is -2.24. The fraction of sp³-hybridized carbons (Fsp3) is 0.143. The van der Waals surface area contributed by atoms with Gasteiger partial charge in [-0.15, -0.1) is 0 Å². The summed E-state index contributed by atoms with van der Waals surface area (Å²) >= 11 is 6.92. The third-order valence-corrected chi connectivity index (χ3v) is 4.13. The van der Waals surface area contributed by atoms with Gasteiger partial charge in [0.2, 0.25) is 0 Å². The van der Waals surface area contributed by atoms with Gasteiger partial charge in [0, 0.05) is 15.4 Å². The molecule has 0 radical (unpaired) electrons. The van der Waals surface area contributed by atoms with Crippen molar-refractivity contribution in [2.75, 3.05) is 0 Å². The van der Waals surface area contributed by atoms with E-state index in [-0.39, 0.29) is 0 Å². The first kappa shape index (κ1) is 11.5. The molecule has 3 rings (SSSR count). The minimum absolute atomic E-state index is 0.413. The van der Waals surface area contributed by atoms with Crippen LogP contribution in [0.2, 0.25) is 0 Å². The Morgan fingerprint density at radius 1 is 0.941 bits per heavy atom. The Morgan fingerprint density at radius 2 is 1.59 bits per heavy atom. The van der Waals surface area contributed by atoms with Gasteiger partial charge in [-0.2, -0.15) is 0 Å². The second-order valence-corrected chi connectivity index (χ2v) is 6.08. The van der Waals surface area contributed by atoms with Gasteiger partial charge >= 0.3 is 0 Å². The van der Waals surface area contributed by atoms with Gasteiger partial charge in [-0.25, -0.2) is 0 Å². The Hall–Kier alpha value is -0.640. The van der Waals surface area contributed by atoms with E-state index < -0.39 is 6.10 Å². The smallest absolute Gasteiger partial charge is 0.0836 e. The second kappa shape index (κ2) is 4.23. The second-order valence-electron chi connectivity index (χ2n) is 4.25. The van der Waals surface area contributed by atoms with Gasteiger partial charge in [-0.3, -0.25) is 0 Å². The molecule has 1 nitrogen and oxygen atoms in total. The van der Waals surface area contributed by atoms with Crippen LogP contribution in [0.3, 0.4) is 0 Å². The van der Waals surface area contributed by atoms with Crippen molar-refractivity contribution in [3.63, 3.8) is 0 Å². The van der Waals surface area contributed by atoms with Gasteiger partial charge in [-0.05, 0) is 46.5 Å². The SMILES string of the molecule is OC1Cc2cc(Br)ccc2-c2ccc(Br)cc21. The monoisotopic (exact) mass is 352 g/mol. The van der Waals surface area contributed by atoms with Crippen molar-refractivity contribution in [2.24, 2.45) is 0 Å². The number of hydrogen-bond acceptors (Lipinski definition) is 1. The zero-order valence-corrected chi connectivity index (χ0v) is 12.1. The molecule has 0 heterocycles. The molecule has 0 amide bonds. The predicted molar refractivity (Wildman–Crippen MR) is 75.9 cm³/mol. The molecule has 0 aliphatic heterocycles. The molecule has 0 aromatic heterocycles. The molecule has 1 N–H and O–H groups in total. The molecule has 1 unspecified atom stereocenters. The zero-order valence-electron chi connectivity index (χ0n) is 8.95. The van der Waals surface area contributed by atoms with Gasteiger partial charge in [0.1, 0.15) is 0 Å². The highest BCUT2D eigenvalue weighted by Crippen LogP contribution is 2.40. The highest BCUT2D eigenvalue weighted by atomic mass is 79.9. The van der Waals surface area contributed by atoms with Crippen molar-refractivity contribution in [2.45, 2.75) is 12.5 Å². The maximum absolute atomic E-state index is 10.2. The van der Waals surface area contributed by atoms with E-state index in [0.29, 0.717) is 6.42 Å². The average Bonchev–Trinajstić information content (AvgIpc) is 2.29. The summed E-state index contributed by atoms with van der Waals surface area (Å²) in [5.74, 6) is 0. The highest BCUT2D eigenvalue weighted by Gasteiger charge is 2.23. The van der Waals surface area contributed by atoms with Gasteiger partial charge in [0.05, 0.1) is 6.10 Å². The molecule has 2 aromatic rings. The molecule has 1 aliphatic rings. The predicted octanol–water partition coefficient (Wildman–Crippen LogP) is 4.47. The van der Waals surface area contributed by atoms with Crippen LogP contribution in [0, 0.1) is 0 Å². The largest absolute Gasteiger partial charge is 0.388 e. The van der Waals surface area contributed by atoms with E-state index in [1.165, 1.54) is 11.1 Å². The summed E-state index contributed by atoms with van der Waals surface area (Å²) in [5, 5.41) is 10.2. The number of fused-ring (bicyclic) bond motifs is 3. The van der Waals surface area contributed by atoms with Gasteiger partial charge in [0.15, 0.2) is 0 Å². The topological polar surface area (TPSA) is 20.2 Å². The van der Waals surface area contributed by atoms with Crippen molar-refractivity contribution < 1.29 is 5.11 Å². The van der Waals surface area contributed by atoms with Crippen LogP contribution in [0.4, 0.5) is 0 Å². The quantitative estimate of drug-likeness (QED) is 0.740. The number of aliphatic hydroxyl groups is 1. The minimum atomic E-state index is -0.413. The zero-order chi connectivity index (χ0) is 12.0. The van der Waals surface area contributed by atoms with Crippen molar-refractivity contribution in [3.8, 4) is 11.1 Å². The van der Waals surface area contributed by atoms with E-state index >= 15 is 0 Å². The summed E-state index contributed by atoms with van der Waals surface area (Å²) in [5.41, 5.74) is 4.56. The Kier molecular flexibility index (Phi) is 2.85. The molecule has 86 valence electrons. The maximum atomic E-state index is 10.2. The van der Waals surface area contributed by atoms with Crippen molar-refractivity contribution in [1.29, 1.82) is 0 Å². The number of benzene rings is 2. The Labute approximate surface area is 117 Å². The van der Waals surface area contributed by atoms with Crippen LogP contribution in [-0.2, 0) is 6.42 Å². The summed E-state index contributed by atoms with van der Waals surface area (Å²) in [6, 6.07) is 12.3. The van der Waals surface area contributed by atoms with Crippen molar-refractivity contribution in [3.05, 3.63) is 56.5 Å². The summed E-state index contributed by atoms with van der Waals surface area (Å²) in [4.78, 5) is 0. The first-order valence-electron chi connectivity index (χ1n) is 5.41. The van der Waals surface area contributed by atoms with E-state index in [1.54, 1.807) is 0 Å².